The Labute approximate surface area is 149 Å². The summed E-state index contributed by atoms with van der Waals surface area (Å²) >= 11 is 5.86. The molecule has 0 radical (unpaired) electrons. The van der Waals surface area contributed by atoms with E-state index in [9.17, 15) is 4.79 Å². The summed E-state index contributed by atoms with van der Waals surface area (Å²) < 4.78 is 5.70. The number of amides is 1. The first kappa shape index (κ1) is 18.3. The molecule has 2 atom stereocenters. The number of carbonyl (C=O) groups is 1. The van der Waals surface area contributed by atoms with E-state index in [1.54, 1.807) is 31.2 Å². The van der Waals surface area contributed by atoms with E-state index in [0.717, 1.165) is 12.0 Å². The molecule has 0 aromatic heterocycles. The molecule has 0 saturated carbocycles. The predicted octanol–water partition coefficient (Wildman–Crippen LogP) is 5.01. The molecule has 3 nitrogen and oxygen atoms in total. The van der Waals surface area contributed by atoms with Crippen LogP contribution in [0.1, 0.15) is 38.8 Å². The van der Waals surface area contributed by atoms with Crippen LogP contribution in [0.4, 0.5) is 0 Å². The Morgan fingerprint density at radius 2 is 1.67 bits per heavy atom. The van der Waals surface area contributed by atoms with E-state index >= 15 is 0 Å². The fourth-order valence-corrected chi connectivity index (χ4v) is 2.62. The van der Waals surface area contributed by atoms with Gasteiger partial charge in [0.05, 0.1) is 6.04 Å². The normalized spacial score (nSPS) is 13.4. The number of ether oxygens (including phenoxy) is 1. The summed E-state index contributed by atoms with van der Waals surface area (Å²) in [5, 5.41) is 3.75. The predicted molar refractivity (Wildman–Crippen MR) is 98.3 cm³/mol. The molecule has 24 heavy (non-hydrogen) atoms. The standard InChI is InChI=1S/C20H24ClNO2/c1-14(2)13-19(16-7-5-4-6-8-16)22-20(23)15(3)24-18-11-9-17(21)10-12-18/h4-12,14-15,19H,13H2,1-3H3,(H,22,23)/t15-,19+/m0/s1. The lowest BCUT2D eigenvalue weighted by molar-refractivity contribution is -0.128. The van der Waals surface area contributed by atoms with Gasteiger partial charge < -0.3 is 10.1 Å². The van der Waals surface area contributed by atoms with Crippen molar-refractivity contribution >= 4 is 17.5 Å². The fraction of sp³-hybridized carbons (Fsp3) is 0.350. The Hall–Kier alpha value is -2.00. The number of rotatable bonds is 7. The maximum absolute atomic E-state index is 12.5. The van der Waals surface area contributed by atoms with Crippen LogP contribution in [-0.2, 0) is 4.79 Å². The smallest absolute Gasteiger partial charge is 0.261 e. The zero-order valence-corrected chi connectivity index (χ0v) is 15.1. The number of hydrogen-bond acceptors (Lipinski definition) is 2. The van der Waals surface area contributed by atoms with Crippen LogP contribution in [0.25, 0.3) is 0 Å². The number of carbonyl (C=O) groups excluding carboxylic acids is 1. The molecule has 1 N–H and O–H groups in total. The van der Waals surface area contributed by atoms with Crippen LogP contribution in [0.3, 0.4) is 0 Å². The van der Waals surface area contributed by atoms with Gasteiger partial charge >= 0.3 is 0 Å². The van der Waals surface area contributed by atoms with E-state index in [1.165, 1.54) is 0 Å². The quantitative estimate of drug-likeness (QED) is 0.765. The Morgan fingerprint density at radius 1 is 1.04 bits per heavy atom. The Bertz CT molecular complexity index is 640. The first-order valence-corrected chi connectivity index (χ1v) is 8.61. The van der Waals surface area contributed by atoms with Crippen molar-refractivity contribution in [2.45, 2.75) is 39.3 Å². The first-order chi connectivity index (χ1) is 11.5. The van der Waals surface area contributed by atoms with Gasteiger partial charge in [-0.2, -0.15) is 0 Å². The average molecular weight is 346 g/mol. The van der Waals surface area contributed by atoms with E-state index < -0.39 is 6.10 Å². The molecule has 2 aromatic rings. The molecular formula is C20H24ClNO2. The number of halogens is 1. The van der Waals surface area contributed by atoms with Crippen LogP contribution in [0, 0.1) is 5.92 Å². The minimum Gasteiger partial charge on any atom is -0.481 e. The van der Waals surface area contributed by atoms with Crippen LogP contribution in [0.2, 0.25) is 5.02 Å². The van der Waals surface area contributed by atoms with Crippen LogP contribution < -0.4 is 10.1 Å². The second kappa shape index (κ2) is 8.74. The SMILES string of the molecule is CC(C)C[C@@H](NC(=O)[C@H](C)Oc1ccc(Cl)cc1)c1ccccc1. The van der Waals surface area contributed by atoms with Gasteiger partial charge in [0.25, 0.3) is 5.91 Å². The van der Waals surface area contributed by atoms with Crippen molar-refractivity contribution in [3.05, 3.63) is 65.2 Å². The van der Waals surface area contributed by atoms with Crippen molar-refractivity contribution in [2.24, 2.45) is 5.92 Å². The Kier molecular flexibility index (Phi) is 6.68. The maximum Gasteiger partial charge on any atom is 0.261 e. The molecule has 0 fully saturated rings. The van der Waals surface area contributed by atoms with Gasteiger partial charge in [0, 0.05) is 5.02 Å². The third kappa shape index (κ3) is 5.57. The summed E-state index contributed by atoms with van der Waals surface area (Å²) in [5.74, 6) is 0.976. The largest absolute Gasteiger partial charge is 0.481 e. The molecule has 0 unspecified atom stereocenters. The van der Waals surface area contributed by atoms with E-state index in [1.807, 2.05) is 30.3 Å². The summed E-state index contributed by atoms with van der Waals surface area (Å²) in [5.41, 5.74) is 1.11. The lowest BCUT2D eigenvalue weighted by Crippen LogP contribution is -2.39. The Balaban J connectivity index is 2.02. The molecule has 0 bridgehead atoms. The lowest BCUT2D eigenvalue weighted by Gasteiger charge is -2.23. The highest BCUT2D eigenvalue weighted by molar-refractivity contribution is 6.30. The van der Waals surface area contributed by atoms with Gasteiger partial charge in [-0.1, -0.05) is 55.8 Å². The molecule has 0 spiro atoms. The molecule has 1 amide bonds. The molecule has 2 rings (SSSR count). The summed E-state index contributed by atoms with van der Waals surface area (Å²) in [6.07, 6.45) is 0.299. The van der Waals surface area contributed by atoms with Gasteiger partial charge in [-0.3, -0.25) is 4.79 Å². The zero-order chi connectivity index (χ0) is 17.5. The monoisotopic (exact) mass is 345 g/mol. The third-order valence-electron chi connectivity index (χ3n) is 3.72. The fourth-order valence-electron chi connectivity index (χ4n) is 2.49. The van der Waals surface area contributed by atoms with Gasteiger partial charge in [-0.25, -0.2) is 0 Å². The molecular weight excluding hydrogens is 322 g/mol. The molecule has 2 aromatic carbocycles. The number of hydrogen-bond donors (Lipinski definition) is 1. The van der Waals surface area contributed by atoms with Crippen molar-refractivity contribution in [1.82, 2.24) is 5.32 Å². The van der Waals surface area contributed by atoms with Crippen molar-refractivity contribution in [3.8, 4) is 5.75 Å². The topological polar surface area (TPSA) is 38.3 Å². The van der Waals surface area contributed by atoms with Crippen LogP contribution in [0.5, 0.6) is 5.75 Å². The summed E-state index contributed by atoms with van der Waals surface area (Å²) in [6, 6.07) is 17.0. The Morgan fingerprint density at radius 3 is 2.25 bits per heavy atom. The number of nitrogens with one attached hydrogen (secondary N) is 1. The van der Waals surface area contributed by atoms with Gasteiger partial charge in [-0.15, -0.1) is 0 Å². The van der Waals surface area contributed by atoms with Crippen molar-refractivity contribution in [2.75, 3.05) is 0 Å². The van der Waals surface area contributed by atoms with E-state index in [4.69, 9.17) is 16.3 Å². The number of benzene rings is 2. The molecule has 0 aliphatic carbocycles. The molecule has 0 heterocycles. The molecule has 0 aliphatic heterocycles. The first-order valence-electron chi connectivity index (χ1n) is 8.23. The van der Waals surface area contributed by atoms with E-state index in [2.05, 4.69) is 19.2 Å². The van der Waals surface area contributed by atoms with Gasteiger partial charge in [0.1, 0.15) is 5.75 Å². The van der Waals surface area contributed by atoms with E-state index in [-0.39, 0.29) is 11.9 Å². The molecule has 4 heteroatoms. The highest BCUT2D eigenvalue weighted by Crippen LogP contribution is 2.22. The minimum absolute atomic E-state index is 0.0185. The van der Waals surface area contributed by atoms with Crippen molar-refractivity contribution in [3.63, 3.8) is 0 Å². The maximum atomic E-state index is 12.5. The second-order valence-electron chi connectivity index (χ2n) is 6.32. The average Bonchev–Trinajstić information content (AvgIpc) is 2.56. The molecule has 0 aliphatic rings. The van der Waals surface area contributed by atoms with Gasteiger partial charge in [0.2, 0.25) is 0 Å². The van der Waals surface area contributed by atoms with Crippen LogP contribution in [-0.4, -0.2) is 12.0 Å². The van der Waals surface area contributed by atoms with E-state index in [0.29, 0.717) is 16.7 Å². The lowest BCUT2D eigenvalue weighted by atomic mass is 9.97. The van der Waals surface area contributed by atoms with Gasteiger partial charge in [0.15, 0.2) is 6.10 Å². The summed E-state index contributed by atoms with van der Waals surface area (Å²) in [7, 11) is 0. The van der Waals surface area contributed by atoms with Crippen molar-refractivity contribution < 1.29 is 9.53 Å². The second-order valence-corrected chi connectivity index (χ2v) is 6.75. The molecule has 128 valence electrons. The van der Waals surface area contributed by atoms with Crippen LogP contribution >= 0.6 is 11.6 Å². The van der Waals surface area contributed by atoms with Gasteiger partial charge in [-0.05, 0) is 49.1 Å². The highest BCUT2D eigenvalue weighted by Gasteiger charge is 2.21. The summed E-state index contributed by atoms with van der Waals surface area (Å²) in [4.78, 5) is 12.5. The highest BCUT2D eigenvalue weighted by atomic mass is 35.5. The van der Waals surface area contributed by atoms with Crippen molar-refractivity contribution in [1.29, 1.82) is 0 Å². The van der Waals surface area contributed by atoms with Crippen LogP contribution in [0.15, 0.2) is 54.6 Å². The molecule has 0 saturated heterocycles. The zero-order valence-electron chi connectivity index (χ0n) is 14.3. The summed E-state index contributed by atoms with van der Waals surface area (Å²) in [6.45, 7) is 6.05. The third-order valence-corrected chi connectivity index (χ3v) is 3.97. The minimum atomic E-state index is -0.579.